The molecule has 0 fully saturated rings. The highest BCUT2D eigenvalue weighted by Gasteiger charge is 2.49. The van der Waals surface area contributed by atoms with Crippen LogP contribution in [0.1, 0.15) is 12.5 Å². The number of hydrogen-bond donors (Lipinski definition) is 1. The minimum absolute atomic E-state index is 0.0387. The zero-order valence-corrected chi connectivity index (χ0v) is 15.4. The molecule has 29 heavy (non-hydrogen) atoms. The molecule has 0 aromatic heterocycles. The smallest absolute Gasteiger partial charge is 0.430 e. The number of carboxylic acids is 1. The van der Waals surface area contributed by atoms with Gasteiger partial charge in [0.2, 0.25) is 12.9 Å². The summed E-state index contributed by atoms with van der Waals surface area (Å²) in [6, 6.07) is 7.25. The van der Waals surface area contributed by atoms with Crippen LogP contribution < -0.4 is 18.9 Å². The highest BCUT2D eigenvalue weighted by atomic mass is 35.5. The molecule has 0 saturated carbocycles. The van der Waals surface area contributed by atoms with E-state index < -0.39 is 23.8 Å². The monoisotopic (exact) mass is 428 g/mol. The molecular formula is C19H12ClF3O6. The van der Waals surface area contributed by atoms with E-state index in [1.807, 2.05) is 0 Å². The molecule has 152 valence electrons. The number of benzene rings is 2. The molecule has 2 aromatic carbocycles. The van der Waals surface area contributed by atoms with Gasteiger partial charge in [0.05, 0.1) is 10.6 Å². The second-order valence-corrected chi connectivity index (χ2v) is 6.69. The highest BCUT2D eigenvalue weighted by molar-refractivity contribution is 6.32. The molecule has 2 aromatic rings. The maximum Gasteiger partial charge on any atom is 0.430 e. The van der Waals surface area contributed by atoms with Crippen molar-refractivity contribution in [2.75, 3.05) is 6.79 Å². The number of allylic oxidation sites excluding steroid dienone is 1. The van der Waals surface area contributed by atoms with Crippen molar-refractivity contribution in [3.8, 4) is 28.7 Å². The number of aliphatic carboxylic acids is 1. The van der Waals surface area contributed by atoms with E-state index >= 15 is 0 Å². The van der Waals surface area contributed by atoms with Crippen LogP contribution in [0.5, 0.6) is 28.7 Å². The van der Waals surface area contributed by atoms with Gasteiger partial charge in [-0.05, 0) is 30.7 Å². The zero-order chi connectivity index (χ0) is 20.9. The first-order chi connectivity index (χ1) is 13.6. The van der Waals surface area contributed by atoms with Crippen LogP contribution in [0.15, 0.2) is 35.9 Å². The first-order valence-corrected chi connectivity index (χ1v) is 8.62. The second-order valence-electron chi connectivity index (χ2n) is 6.28. The molecular weight excluding hydrogens is 417 g/mol. The van der Waals surface area contributed by atoms with Gasteiger partial charge in [0.25, 0.3) is 0 Å². The number of halogens is 4. The fourth-order valence-corrected chi connectivity index (χ4v) is 3.30. The second kappa shape index (κ2) is 6.77. The van der Waals surface area contributed by atoms with Crippen LogP contribution in [0.4, 0.5) is 13.2 Å². The van der Waals surface area contributed by atoms with Gasteiger partial charge in [0, 0.05) is 17.7 Å². The number of ether oxygens (including phenoxy) is 4. The number of hydrogen-bond acceptors (Lipinski definition) is 5. The van der Waals surface area contributed by atoms with Gasteiger partial charge in [0.1, 0.15) is 17.2 Å². The Morgan fingerprint density at radius 2 is 1.90 bits per heavy atom. The molecule has 2 aliphatic rings. The van der Waals surface area contributed by atoms with Crippen molar-refractivity contribution in [1.29, 1.82) is 0 Å². The van der Waals surface area contributed by atoms with Gasteiger partial charge in [-0.2, -0.15) is 13.2 Å². The predicted molar refractivity (Wildman–Crippen MR) is 94.8 cm³/mol. The Kier molecular flexibility index (Phi) is 4.49. The number of carbonyl (C=O) groups is 1. The Bertz CT molecular complexity index is 1050. The fraction of sp³-hybridized carbons (Fsp3) is 0.211. The minimum atomic E-state index is -4.91. The van der Waals surface area contributed by atoms with Crippen molar-refractivity contribution >= 4 is 23.1 Å². The summed E-state index contributed by atoms with van der Waals surface area (Å²) >= 11 is 6.22. The summed E-state index contributed by atoms with van der Waals surface area (Å²) < 4.78 is 61.2. The first kappa shape index (κ1) is 19.3. The molecule has 1 atom stereocenters. The van der Waals surface area contributed by atoms with Gasteiger partial charge in [-0.1, -0.05) is 11.6 Å². The van der Waals surface area contributed by atoms with Gasteiger partial charge in [-0.15, -0.1) is 0 Å². The zero-order valence-electron chi connectivity index (χ0n) is 14.7. The Balaban J connectivity index is 1.74. The lowest BCUT2D eigenvalue weighted by Gasteiger charge is -2.30. The van der Waals surface area contributed by atoms with Crippen molar-refractivity contribution in [2.24, 2.45) is 0 Å². The van der Waals surface area contributed by atoms with E-state index in [1.165, 1.54) is 19.1 Å². The standard InChI is InChI=1S/C19H12ClF3O6/c1-8-10-5-11(20)14(28-9-2-3-12-15(4-9)27-7-26-12)6-13(10)29-17(19(21,22)23)16(8)18(24)25/h2-6,17H,7H2,1H3,(H,24,25). The molecule has 2 heterocycles. The topological polar surface area (TPSA) is 74.2 Å². The third kappa shape index (κ3) is 3.42. The van der Waals surface area contributed by atoms with E-state index in [1.54, 1.807) is 18.2 Å². The van der Waals surface area contributed by atoms with Crippen LogP contribution in [0.2, 0.25) is 5.02 Å². The molecule has 2 aliphatic heterocycles. The molecule has 10 heteroatoms. The predicted octanol–water partition coefficient (Wildman–Crippen LogP) is 5.04. The van der Waals surface area contributed by atoms with E-state index in [0.29, 0.717) is 17.2 Å². The molecule has 0 bridgehead atoms. The van der Waals surface area contributed by atoms with Gasteiger partial charge in [0.15, 0.2) is 11.5 Å². The Hall–Kier alpha value is -3.07. The first-order valence-electron chi connectivity index (χ1n) is 8.24. The van der Waals surface area contributed by atoms with Crippen molar-refractivity contribution in [3.63, 3.8) is 0 Å². The Morgan fingerprint density at radius 3 is 2.59 bits per heavy atom. The van der Waals surface area contributed by atoms with Gasteiger partial charge < -0.3 is 24.1 Å². The molecule has 0 spiro atoms. The normalized spacial score (nSPS) is 17.6. The quantitative estimate of drug-likeness (QED) is 0.738. The molecule has 0 saturated heterocycles. The lowest BCUT2D eigenvalue weighted by molar-refractivity contribution is -0.187. The minimum Gasteiger partial charge on any atom is -0.478 e. The summed E-state index contributed by atoms with van der Waals surface area (Å²) in [5, 5.41) is 9.32. The Morgan fingerprint density at radius 1 is 1.17 bits per heavy atom. The largest absolute Gasteiger partial charge is 0.478 e. The van der Waals surface area contributed by atoms with Gasteiger partial charge >= 0.3 is 12.1 Å². The van der Waals surface area contributed by atoms with Crippen molar-refractivity contribution < 1.29 is 42.0 Å². The van der Waals surface area contributed by atoms with Crippen LogP contribution >= 0.6 is 11.6 Å². The van der Waals surface area contributed by atoms with Crippen molar-refractivity contribution in [2.45, 2.75) is 19.2 Å². The van der Waals surface area contributed by atoms with Crippen LogP contribution in [-0.2, 0) is 4.79 Å². The van der Waals surface area contributed by atoms with E-state index in [4.69, 9.17) is 30.5 Å². The van der Waals surface area contributed by atoms with Crippen molar-refractivity contribution in [1.82, 2.24) is 0 Å². The third-order valence-corrected chi connectivity index (χ3v) is 4.74. The third-order valence-electron chi connectivity index (χ3n) is 4.45. The number of fused-ring (bicyclic) bond motifs is 2. The summed E-state index contributed by atoms with van der Waals surface area (Å²) in [6.07, 6.45) is -7.52. The van der Waals surface area contributed by atoms with Gasteiger partial charge in [-0.3, -0.25) is 0 Å². The van der Waals surface area contributed by atoms with Crippen LogP contribution in [0.25, 0.3) is 5.57 Å². The van der Waals surface area contributed by atoms with E-state index in [-0.39, 0.29) is 34.5 Å². The average Bonchev–Trinajstić information content (AvgIpc) is 3.09. The summed E-state index contributed by atoms with van der Waals surface area (Å²) in [4.78, 5) is 11.4. The molecule has 1 unspecified atom stereocenters. The number of carboxylic acid groups (broad SMARTS) is 1. The molecule has 0 radical (unpaired) electrons. The molecule has 4 rings (SSSR count). The molecule has 0 aliphatic carbocycles. The SMILES string of the molecule is CC1=C(C(=O)O)C(C(F)(F)F)Oc2cc(Oc3ccc4c(c3)OCO4)c(Cl)cc21. The number of rotatable bonds is 3. The van der Waals surface area contributed by atoms with E-state index in [2.05, 4.69) is 0 Å². The lowest BCUT2D eigenvalue weighted by atomic mass is 9.93. The van der Waals surface area contributed by atoms with Gasteiger partial charge in [-0.25, -0.2) is 4.79 Å². The highest BCUT2D eigenvalue weighted by Crippen LogP contribution is 2.46. The average molecular weight is 429 g/mol. The number of alkyl halides is 3. The maximum atomic E-state index is 13.4. The van der Waals surface area contributed by atoms with Crippen LogP contribution in [-0.4, -0.2) is 30.1 Å². The molecule has 1 N–H and O–H groups in total. The van der Waals surface area contributed by atoms with E-state index in [9.17, 15) is 23.1 Å². The maximum absolute atomic E-state index is 13.4. The van der Waals surface area contributed by atoms with Crippen LogP contribution in [0.3, 0.4) is 0 Å². The summed E-state index contributed by atoms with van der Waals surface area (Å²) in [5.41, 5.74) is -0.825. The molecule has 6 nitrogen and oxygen atoms in total. The summed E-state index contributed by atoms with van der Waals surface area (Å²) in [6.45, 7) is 1.35. The lowest BCUT2D eigenvalue weighted by Crippen LogP contribution is -2.41. The van der Waals surface area contributed by atoms with E-state index in [0.717, 1.165) is 0 Å². The fourth-order valence-electron chi connectivity index (χ4n) is 3.10. The molecule has 0 amide bonds. The Labute approximate surface area is 167 Å². The summed E-state index contributed by atoms with van der Waals surface area (Å²) in [7, 11) is 0. The summed E-state index contributed by atoms with van der Waals surface area (Å²) in [5.74, 6) is -0.557. The van der Waals surface area contributed by atoms with Crippen molar-refractivity contribution in [3.05, 3.63) is 46.5 Å². The van der Waals surface area contributed by atoms with Crippen LogP contribution in [0, 0.1) is 0 Å².